The highest BCUT2D eigenvalue weighted by Crippen LogP contribution is 2.52. The molecule has 0 saturated carbocycles. The Labute approximate surface area is 476 Å². The summed E-state index contributed by atoms with van der Waals surface area (Å²) in [6.07, 6.45) is 24.4. The van der Waals surface area contributed by atoms with Crippen LogP contribution in [0.5, 0.6) is 0 Å². The Bertz CT molecular complexity index is 4100. The standard InChI is InChI=1S/C81H52/c1-5-56-29-45-68(46-30-56)78-72(62-21-13-9-14-22-62)54-74(76(66-25-17-11-18-26-66)80(78)70-49-33-58(7-3)34-50-70)64-41-37-60(38-42-64)53-61-39-43-65(44-40-61)75-55-73(63-23-15-10-16-24-63)79(69-47-31-57(6-2)32-48-69)81(71-51-35-59(8-4)36-52-71)77(75)67-27-19-12-20-28-67/h1-4,9-52,54-55H,53H2. The molecule has 0 bridgehead atoms. The fourth-order valence-corrected chi connectivity index (χ4v) is 11.3. The van der Waals surface area contributed by atoms with Crippen LogP contribution in [0.1, 0.15) is 33.4 Å². The molecular weight excluding hydrogens is 973 g/mol. The lowest BCUT2D eigenvalue weighted by atomic mass is 9.78. The Morgan fingerprint density at radius 2 is 0.395 bits per heavy atom. The summed E-state index contributed by atoms with van der Waals surface area (Å²) in [4.78, 5) is 0. The van der Waals surface area contributed by atoms with E-state index in [1.54, 1.807) is 0 Å². The van der Waals surface area contributed by atoms with Gasteiger partial charge in [0.2, 0.25) is 0 Å². The Morgan fingerprint density at radius 1 is 0.198 bits per heavy atom. The summed E-state index contributed by atoms with van der Waals surface area (Å²) in [5.74, 6) is 11.3. The molecular formula is C81H52. The average Bonchev–Trinajstić information content (AvgIpc) is 3.64. The second-order valence-corrected chi connectivity index (χ2v) is 20.1. The zero-order chi connectivity index (χ0) is 55.1. The lowest BCUT2D eigenvalue weighted by Gasteiger charge is -2.25. The van der Waals surface area contributed by atoms with Gasteiger partial charge in [0, 0.05) is 22.3 Å². The van der Waals surface area contributed by atoms with E-state index >= 15 is 0 Å². The van der Waals surface area contributed by atoms with E-state index in [-0.39, 0.29) is 0 Å². The SMILES string of the molecule is C#Cc1ccc(-c2c(-c3ccccc3)cc(-c3ccc(Cc4ccc(-c5cc(-c6ccccc6)c(-c6ccc(C#C)cc6)c(-c6ccc(C#C)cc6)c5-c5ccccc5)cc4)cc3)c(-c3ccccc3)c2-c2ccc(C#C)cc2)cc1. The first-order valence-electron chi connectivity index (χ1n) is 27.1. The molecule has 376 valence electrons. The third-order valence-electron chi connectivity index (χ3n) is 15.2. The highest BCUT2D eigenvalue weighted by molar-refractivity contribution is 6.09. The van der Waals surface area contributed by atoms with E-state index in [9.17, 15) is 0 Å². The molecule has 0 N–H and O–H groups in total. The predicted octanol–water partition coefficient (Wildman–Crippen LogP) is 19.9. The van der Waals surface area contributed by atoms with Gasteiger partial charge in [-0.2, -0.15) is 0 Å². The zero-order valence-corrected chi connectivity index (χ0v) is 44.6. The summed E-state index contributed by atoms with van der Waals surface area (Å²) in [5.41, 5.74) is 27.9. The molecule has 0 nitrogen and oxygen atoms in total. The fourth-order valence-electron chi connectivity index (χ4n) is 11.3. The van der Waals surface area contributed by atoms with Crippen molar-refractivity contribution in [2.45, 2.75) is 6.42 Å². The lowest BCUT2D eigenvalue weighted by molar-refractivity contribution is 1.19. The lowest BCUT2D eigenvalue weighted by Crippen LogP contribution is -1.99. The maximum absolute atomic E-state index is 5.93. The molecule has 81 heavy (non-hydrogen) atoms. The Balaban J connectivity index is 0.987. The number of hydrogen-bond donors (Lipinski definition) is 0. The summed E-state index contributed by atoms with van der Waals surface area (Å²) in [7, 11) is 0. The van der Waals surface area contributed by atoms with Crippen molar-refractivity contribution in [3.63, 3.8) is 0 Å². The summed E-state index contributed by atoms with van der Waals surface area (Å²) in [5, 5.41) is 0. The molecule has 0 spiro atoms. The van der Waals surface area contributed by atoms with Crippen LogP contribution in [-0.4, -0.2) is 0 Å². The van der Waals surface area contributed by atoms with Crippen molar-refractivity contribution in [2.24, 2.45) is 0 Å². The van der Waals surface area contributed by atoms with Gasteiger partial charge < -0.3 is 0 Å². The topological polar surface area (TPSA) is 0 Å². The minimum Gasteiger partial charge on any atom is -0.115 e. The molecule has 0 saturated heterocycles. The van der Waals surface area contributed by atoms with Crippen LogP contribution in [0.2, 0.25) is 0 Å². The summed E-state index contributed by atoms with van der Waals surface area (Å²) < 4.78 is 0. The van der Waals surface area contributed by atoms with E-state index in [4.69, 9.17) is 25.7 Å². The molecule has 0 radical (unpaired) electrons. The second-order valence-electron chi connectivity index (χ2n) is 20.1. The number of benzene rings is 12. The number of hydrogen-bond acceptors (Lipinski definition) is 0. The van der Waals surface area contributed by atoms with Gasteiger partial charge in [-0.15, -0.1) is 25.7 Å². The average molecular weight is 1030 g/mol. The van der Waals surface area contributed by atoms with E-state index < -0.39 is 0 Å². The summed E-state index contributed by atoms with van der Waals surface area (Å²) in [6, 6.07) is 99.2. The minimum atomic E-state index is 0.751. The van der Waals surface area contributed by atoms with Crippen LogP contribution >= 0.6 is 0 Å². The van der Waals surface area contributed by atoms with Crippen molar-refractivity contribution >= 4 is 0 Å². The van der Waals surface area contributed by atoms with Gasteiger partial charge in [-0.05, 0) is 189 Å². The molecule has 0 atom stereocenters. The van der Waals surface area contributed by atoms with Gasteiger partial charge in [0.05, 0.1) is 0 Å². The van der Waals surface area contributed by atoms with Crippen molar-refractivity contribution in [1.29, 1.82) is 0 Å². The van der Waals surface area contributed by atoms with Crippen LogP contribution in [0, 0.1) is 49.4 Å². The highest BCUT2D eigenvalue weighted by atomic mass is 14.3. The zero-order valence-electron chi connectivity index (χ0n) is 44.6. The molecule has 0 unspecified atom stereocenters. The molecule has 0 amide bonds. The van der Waals surface area contributed by atoms with Gasteiger partial charge in [0.25, 0.3) is 0 Å². The normalized spacial score (nSPS) is 10.7. The molecule has 0 aromatic heterocycles. The van der Waals surface area contributed by atoms with E-state index in [1.165, 1.54) is 11.1 Å². The Morgan fingerprint density at radius 3 is 0.642 bits per heavy atom. The van der Waals surface area contributed by atoms with Crippen LogP contribution < -0.4 is 0 Å². The van der Waals surface area contributed by atoms with E-state index in [1.807, 2.05) is 48.5 Å². The maximum Gasteiger partial charge on any atom is 0.0243 e. The first-order valence-corrected chi connectivity index (χ1v) is 27.1. The molecule has 0 heteroatoms. The molecule has 0 aliphatic heterocycles. The third kappa shape index (κ3) is 10.3. The molecule has 0 aliphatic carbocycles. The van der Waals surface area contributed by atoms with E-state index in [0.29, 0.717) is 0 Å². The van der Waals surface area contributed by atoms with Gasteiger partial charge in [-0.25, -0.2) is 0 Å². The summed E-state index contributed by atoms with van der Waals surface area (Å²) >= 11 is 0. The van der Waals surface area contributed by atoms with Crippen LogP contribution in [0.25, 0.3) is 111 Å². The largest absolute Gasteiger partial charge is 0.115 e. The van der Waals surface area contributed by atoms with Crippen LogP contribution in [0.15, 0.2) is 279 Å². The maximum atomic E-state index is 5.93. The van der Waals surface area contributed by atoms with Crippen LogP contribution in [-0.2, 0) is 6.42 Å². The van der Waals surface area contributed by atoms with Gasteiger partial charge >= 0.3 is 0 Å². The van der Waals surface area contributed by atoms with Crippen LogP contribution in [0.4, 0.5) is 0 Å². The van der Waals surface area contributed by atoms with Crippen molar-refractivity contribution in [3.05, 3.63) is 312 Å². The first-order chi connectivity index (χ1) is 40.0. The predicted molar refractivity (Wildman–Crippen MR) is 342 cm³/mol. The molecule has 0 fully saturated rings. The van der Waals surface area contributed by atoms with Crippen molar-refractivity contribution in [2.75, 3.05) is 0 Å². The third-order valence-corrected chi connectivity index (χ3v) is 15.2. The van der Waals surface area contributed by atoms with E-state index in [0.717, 1.165) is 140 Å². The van der Waals surface area contributed by atoms with E-state index in [2.05, 4.69) is 254 Å². The smallest absolute Gasteiger partial charge is 0.0243 e. The number of rotatable bonds is 12. The first kappa shape index (κ1) is 50.7. The molecule has 12 rings (SSSR count). The van der Waals surface area contributed by atoms with Gasteiger partial charge in [0.1, 0.15) is 0 Å². The van der Waals surface area contributed by atoms with Crippen molar-refractivity contribution in [1.82, 2.24) is 0 Å². The second kappa shape index (κ2) is 22.8. The molecule has 0 heterocycles. The van der Waals surface area contributed by atoms with Gasteiger partial charge in [0.15, 0.2) is 0 Å². The summed E-state index contributed by atoms with van der Waals surface area (Å²) in [6.45, 7) is 0. The van der Waals surface area contributed by atoms with Crippen LogP contribution in [0.3, 0.4) is 0 Å². The monoisotopic (exact) mass is 1020 g/mol. The van der Waals surface area contributed by atoms with Gasteiger partial charge in [-0.1, -0.05) is 242 Å². The van der Waals surface area contributed by atoms with Crippen molar-refractivity contribution in [3.8, 4) is 161 Å². The Hall–Kier alpha value is -11.1. The molecule has 12 aromatic carbocycles. The Kier molecular flexibility index (Phi) is 14.3. The highest BCUT2D eigenvalue weighted by Gasteiger charge is 2.26. The van der Waals surface area contributed by atoms with Gasteiger partial charge in [-0.3, -0.25) is 0 Å². The number of terminal acetylenes is 4. The molecule has 0 aliphatic rings. The quantitative estimate of drug-likeness (QED) is 0.107. The fraction of sp³-hybridized carbons (Fsp3) is 0.0123. The van der Waals surface area contributed by atoms with Crippen molar-refractivity contribution < 1.29 is 0 Å². The molecule has 12 aromatic rings. The minimum absolute atomic E-state index is 0.751.